The summed E-state index contributed by atoms with van der Waals surface area (Å²) in [5.41, 5.74) is 0.188. The Kier molecular flexibility index (Phi) is 4.47. The van der Waals surface area contributed by atoms with Crippen LogP contribution in [0.25, 0.3) is 0 Å². The van der Waals surface area contributed by atoms with Gasteiger partial charge in [-0.3, -0.25) is 5.32 Å². The van der Waals surface area contributed by atoms with Gasteiger partial charge in [0.25, 0.3) is 0 Å². The first kappa shape index (κ1) is 14.3. The molecule has 0 radical (unpaired) electrons. The number of benzene rings is 1. The molecule has 2 N–H and O–H groups in total. The highest BCUT2D eigenvalue weighted by atomic mass is 19.4. The highest BCUT2D eigenvalue weighted by molar-refractivity contribution is 5.20. The van der Waals surface area contributed by atoms with E-state index in [1.165, 1.54) is 12.1 Å². The van der Waals surface area contributed by atoms with Crippen molar-refractivity contribution in [2.75, 3.05) is 0 Å². The largest absolute Gasteiger partial charge is 0.407 e. The van der Waals surface area contributed by atoms with Crippen LogP contribution in [0.1, 0.15) is 37.3 Å². The van der Waals surface area contributed by atoms with Gasteiger partial charge in [-0.2, -0.15) is 13.2 Å². The summed E-state index contributed by atoms with van der Waals surface area (Å²) in [6, 6.07) is 5.58. The molecular weight excluding hydrogens is 255 g/mol. The molecule has 0 bridgehead atoms. The van der Waals surface area contributed by atoms with E-state index >= 15 is 0 Å². The number of aliphatic hydroxyl groups is 1. The van der Waals surface area contributed by atoms with Crippen molar-refractivity contribution in [2.24, 2.45) is 0 Å². The summed E-state index contributed by atoms with van der Waals surface area (Å²) in [5, 5.41) is 12.4. The predicted molar refractivity (Wildman–Crippen MR) is 66.6 cm³/mol. The molecule has 1 saturated carbocycles. The smallest absolute Gasteiger partial charge is 0.392 e. The van der Waals surface area contributed by atoms with E-state index in [1.54, 1.807) is 18.2 Å². The molecule has 0 amide bonds. The number of hydrogen-bond acceptors (Lipinski definition) is 2. The van der Waals surface area contributed by atoms with E-state index in [-0.39, 0.29) is 5.56 Å². The van der Waals surface area contributed by atoms with Gasteiger partial charge >= 0.3 is 6.18 Å². The molecule has 5 heteroatoms. The molecule has 3 unspecified atom stereocenters. The summed E-state index contributed by atoms with van der Waals surface area (Å²) in [7, 11) is 0. The average molecular weight is 273 g/mol. The summed E-state index contributed by atoms with van der Waals surface area (Å²) in [5.74, 6) is 0. The van der Waals surface area contributed by atoms with Crippen molar-refractivity contribution >= 4 is 0 Å². The molecule has 0 heterocycles. The first-order valence-electron chi connectivity index (χ1n) is 6.54. The Hall–Kier alpha value is -1.07. The molecule has 0 spiro atoms. The van der Waals surface area contributed by atoms with Crippen molar-refractivity contribution in [3.05, 3.63) is 35.9 Å². The van der Waals surface area contributed by atoms with Crippen LogP contribution in [0.4, 0.5) is 13.2 Å². The number of aliphatic hydroxyl groups excluding tert-OH is 1. The van der Waals surface area contributed by atoms with Gasteiger partial charge in [0, 0.05) is 6.04 Å². The SMILES string of the molecule is OC1CCCCC1NC(c1ccccc1)C(F)(F)F. The van der Waals surface area contributed by atoms with Gasteiger partial charge in [0.05, 0.1) is 6.10 Å². The lowest BCUT2D eigenvalue weighted by Crippen LogP contribution is -2.47. The minimum atomic E-state index is -4.36. The highest BCUT2D eigenvalue weighted by Crippen LogP contribution is 2.34. The number of rotatable bonds is 3. The third-order valence-electron chi connectivity index (χ3n) is 3.57. The van der Waals surface area contributed by atoms with E-state index < -0.39 is 24.4 Å². The zero-order chi connectivity index (χ0) is 13.9. The van der Waals surface area contributed by atoms with Crippen molar-refractivity contribution in [3.63, 3.8) is 0 Å². The lowest BCUT2D eigenvalue weighted by Gasteiger charge is -2.33. The van der Waals surface area contributed by atoms with Crippen LogP contribution in [0.15, 0.2) is 30.3 Å². The Labute approximate surface area is 110 Å². The fourth-order valence-electron chi connectivity index (χ4n) is 2.54. The van der Waals surface area contributed by atoms with Crippen molar-refractivity contribution in [3.8, 4) is 0 Å². The lowest BCUT2D eigenvalue weighted by molar-refractivity contribution is -0.162. The third kappa shape index (κ3) is 3.70. The second-order valence-corrected chi connectivity index (χ2v) is 5.01. The lowest BCUT2D eigenvalue weighted by atomic mass is 9.91. The molecule has 1 fully saturated rings. The van der Waals surface area contributed by atoms with Gasteiger partial charge < -0.3 is 5.11 Å². The minimum absolute atomic E-state index is 0.188. The molecule has 19 heavy (non-hydrogen) atoms. The van der Waals surface area contributed by atoms with Gasteiger partial charge in [-0.25, -0.2) is 0 Å². The Balaban J connectivity index is 2.15. The summed E-state index contributed by atoms with van der Waals surface area (Å²) in [4.78, 5) is 0. The van der Waals surface area contributed by atoms with Gasteiger partial charge in [0.1, 0.15) is 6.04 Å². The van der Waals surface area contributed by atoms with Crippen LogP contribution in [0.3, 0.4) is 0 Å². The van der Waals surface area contributed by atoms with E-state index in [0.717, 1.165) is 12.8 Å². The van der Waals surface area contributed by atoms with Crippen molar-refractivity contribution < 1.29 is 18.3 Å². The third-order valence-corrected chi connectivity index (χ3v) is 3.57. The average Bonchev–Trinajstić information content (AvgIpc) is 2.37. The number of hydrogen-bond donors (Lipinski definition) is 2. The fraction of sp³-hybridized carbons (Fsp3) is 0.571. The van der Waals surface area contributed by atoms with Crippen molar-refractivity contribution in [1.82, 2.24) is 5.32 Å². The van der Waals surface area contributed by atoms with Gasteiger partial charge in [-0.1, -0.05) is 43.2 Å². The van der Waals surface area contributed by atoms with E-state index in [4.69, 9.17) is 0 Å². The molecule has 2 rings (SSSR count). The Morgan fingerprint density at radius 1 is 1.11 bits per heavy atom. The predicted octanol–water partition coefficient (Wildman–Crippen LogP) is 3.18. The maximum absolute atomic E-state index is 13.1. The summed E-state index contributed by atoms with van der Waals surface area (Å²) in [6.07, 6.45) is -2.17. The fourth-order valence-corrected chi connectivity index (χ4v) is 2.54. The second kappa shape index (κ2) is 5.92. The summed E-state index contributed by atoms with van der Waals surface area (Å²) >= 11 is 0. The monoisotopic (exact) mass is 273 g/mol. The molecule has 1 aromatic rings. The number of nitrogens with one attached hydrogen (secondary N) is 1. The molecule has 2 nitrogen and oxygen atoms in total. The van der Waals surface area contributed by atoms with Crippen molar-refractivity contribution in [2.45, 2.75) is 50.0 Å². The highest BCUT2D eigenvalue weighted by Gasteiger charge is 2.42. The van der Waals surface area contributed by atoms with Crippen LogP contribution in [0, 0.1) is 0 Å². The van der Waals surface area contributed by atoms with Gasteiger partial charge in [-0.05, 0) is 18.4 Å². The maximum Gasteiger partial charge on any atom is 0.407 e. The molecule has 1 aliphatic carbocycles. The van der Waals surface area contributed by atoms with E-state index in [2.05, 4.69) is 5.32 Å². The first-order chi connectivity index (χ1) is 8.98. The normalized spacial score (nSPS) is 26.1. The molecule has 0 aliphatic heterocycles. The van der Waals surface area contributed by atoms with Crippen LogP contribution >= 0.6 is 0 Å². The Morgan fingerprint density at radius 3 is 2.32 bits per heavy atom. The molecular formula is C14H18F3NO. The van der Waals surface area contributed by atoms with Crippen LogP contribution in [-0.2, 0) is 0 Å². The molecule has 0 aromatic heterocycles. The summed E-state index contributed by atoms with van der Waals surface area (Å²) in [6.45, 7) is 0. The molecule has 3 atom stereocenters. The van der Waals surface area contributed by atoms with Crippen LogP contribution < -0.4 is 5.32 Å². The van der Waals surface area contributed by atoms with Crippen LogP contribution in [0.2, 0.25) is 0 Å². The van der Waals surface area contributed by atoms with Gasteiger partial charge in [-0.15, -0.1) is 0 Å². The Morgan fingerprint density at radius 2 is 1.74 bits per heavy atom. The molecule has 1 aliphatic rings. The maximum atomic E-state index is 13.1. The zero-order valence-corrected chi connectivity index (χ0v) is 10.5. The standard InChI is InChI=1S/C14H18F3NO/c15-14(16,17)13(10-6-2-1-3-7-10)18-11-8-4-5-9-12(11)19/h1-3,6-7,11-13,18-19H,4-5,8-9H2. The quantitative estimate of drug-likeness (QED) is 0.886. The van der Waals surface area contributed by atoms with E-state index in [1.807, 2.05) is 0 Å². The van der Waals surface area contributed by atoms with E-state index in [9.17, 15) is 18.3 Å². The molecule has 106 valence electrons. The number of alkyl halides is 3. The van der Waals surface area contributed by atoms with E-state index in [0.29, 0.717) is 12.8 Å². The van der Waals surface area contributed by atoms with Crippen LogP contribution in [-0.4, -0.2) is 23.4 Å². The minimum Gasteiger partial charge on any atom is -0.392 e. The molecule has 1 aromatic carbocycles. The van der Waals surface area contributed by atoms with Crippen molar-refractivity contribution in [1.29, 1.82) is 0 Å². The second-order valence-electron chi connectivity index (χ2n) is 5.01. The van der Waals surface area contributed by atoms with Crippen LogP contribution in [0.5, 0.6) is 0 Å². The Bertz CT molecular complexity index is 393. The van der Waals surface area contributed by atoms with Gasteiger partial charge in [0.2, 0.25) is 0 Å². The zero-order valence-electron chi connectivity index (χ0n) is 10.5. The first-order valence-corrected chi connectivity index (χ1v) is 6.54. The van der Waals surface area contributed by atoms with Gasteiger partial charge in [0.15, 0.2) is 0 Å². The summed E-state index contributed by atoms with van der Waals surface area (Å²) < 4.78 is 39.4. The number of halogens is 3. The topological polar surface area (TPSA) is 32.3 Å². The molecule has 0 saturated heterocycles.